The van der Waals surface area contributed by atoms with Gasteiger partial charge in [-0.05, 0) is 20.3 Å². The fourth-order valence-corrected chi connectivity index (χ4v) is 0.466. The summed E-state index contributed by atoms with van der Waals surface area (Å²) in [4.78, 5) is 4.18. The molecule has 0 fully saturated rings. The van der Waals surface area contributed by atoms with Crippen LogP contribution in [0.5, 0.6) is 0 Å². The Kier molecular flexibility index (Phi) is 4.28. The molecule has 60 valence electrons. The van der Waals surface area contributed by atoms with Crippen molar-refractivity contribution in [2.24, 2.45) is 4.99 Å². The fraction of sp³-hybridized carbons (Fsp3) is 0.875. The van der Waals surface area contributed by atoms with Gasteiger partial charge in [0.25, 0.3) is 0 Å². The van der Waals surface area contributed by atoms with E-state index in [1.54, 1.807) is 7.11 Å². The van der Waals surface area contributed by atoms with Gasteiger partial charge in [-0.25, -0.2) is 0 Å². The van der Waals surface area contributed by atoms with Crippen molar-refractivity contribution in [2.75, 3.05) is 13.7 Å². The molecule has 0 aromatic carbocycles. The lowest BCUT2D eigenvalue weighted by Crippen LogP contribution is -2.24. The van der Waals surface area contributed by atoms with Gasteiger partial charge in [0.15, 0.2) is 0 Å². The lowest BCUT2D eigenvalue weighted by molar-refractivity contribution is 0.0870. The first kappa shape index (κ1) is 9.63. The Morgan fingerprint density at radius 3 is 2.50 bits per heavy atom. The van der Waals surface area contributed by atoms with Crippen LogP contribution in [0.4, 0.5) is 0 Å². The molecule has 0 saturated carbocycles. The van der Waals surface area contributed by atoms with Crippen LogP contribution in [-0.4, -0.2) is 25.5 Å². The van der Waals surface area contributed by atoms with Crippen LogP contribution < -0.4 is 0 Å². The molecule has 0 aliphatic heterocycles. The van der Waals surface area contributed by atoms with Crippen molar-refractivity contribution in [1.82, 2.24) is 0 Å². The largest absolute Gasteiger partial charge is 0.373 e. The fourth-order valence-electron chi connectivity index (χ4n) is 0.466. The van der Waals surface area contributed by atoms with E-state index in [4.69, 9.17) is 4.74 Å². The molecule has 0 aromatic rings. The molecule has 2 heteroatoms. The second-order valence-corrected chi connectivity index (χ2v) is 2.84. The van der Waals surface area contributed by atoms with Crippen LogP contribution >= 0.6 is 0 Å². The number of hydrogen-bond acceptors (Lipinski definition) is 2. The molecule has 0 aliphatic rings. The summed E-state index contributed by atoms with van der Waals surface area (Å²) in [7, 11) is 1.69. The van der Waals surface area contributed by atoms with Gasteiger partial charge in [-0.1, -0.05) is 6.92 Å². The molecule has 0 atom stereocenters. The molecule has 0 radical (unpaired) electrons. The second-order valence-electron chi connectivity index (χ2n) is 2.84. The predicted octanol–water partition coefficient (Wildman–Crippen LogP) is 1.89. The minimum absolute atomic E-state index is 0.199. The molecule has 0 unspecified atom stereocenters. The highest BCUT2D eigenvalue weighted by molar-refractivity contribution is 5.67. The van der Waals surface area contributed by atoms with Crippen LogP contribution in [0.1, 0.15) is 27.2 Å². The summed E-state index contributed by atoms with van der Waals surface area (Å²) in [6, 6.07) is 0. The summed E-state index contributed by atoms with van der Waals surface area (Å²) >= 11 is 0. The van der Waals surface area contributed by atoms with Crippen molar-refractivity contribution in [3.05, 3.63) is 0 Å². The second kappa shape index (κ2) is 4.45. The van der Waals surface area contributed by atoms with Gasteiger partial charge in [0.05, 0.1) is 5.60 Å². The molecule has 0 rings (SSSR count). The maximum absolute atomic E-state index is 5.13. The Hall–Kier alpha value is -0.370. The van der Waals surface area contributed by atoms with Crippen molar-refractivity contribution in [2.45, 2.75) is 32.8 Å². The topological polar surface area (TPSA) is 21.6 Å². The third-order valence-electron chi connectivity index (χ3n) is 1.28. The van der Waals surface area contributed by atoms with Crippen LogP contribution in [0.15, 0.2) is 4.99 Å². The lowest BCUT2D eigenvalue weighted by atomic mass is 10.2. The van der Waals surface area contributed by atoms with E-state index in [0.29, 0.717) is 0 Å². The maximum Gasteiger partial charge on any atom is 0.0967 e. The SMILES string of the molecule is CCCN=CC(C)(C)OC. The number of methoxy groups -OCH3 is 1. The van der Waals surface area contributed by atoms with Gasteiger partial charge >= 0.3 is 0 Å². The van der Waals surface area contributed by atoms with Crippen LogP contribution in [-0.2, 0) is 4.74 Å². The molecule has 0 amide bonds. The number of aliphatic imine (C=N–C) groups is 1. The van der Waals surface area contributed by atoms with Crippen LogP contribution in [0, 0.1) is 0 Å². The number of hydrogen-bond donors (Lipinski definition) is 0. The Morgan fingerprint density at radius 1 is 1.50 bits per heavy atom. The predicted molar refractivity (Wildman–Crippen MR) is 44.7 cm³/mol. The van der Waals surface area contributed by atoms with Gasteiger partial charge in [0.2, 0.25) is 0 Å². The van der Waals surface area contributed by atoms with E-state index in [9.17, 15) is 0 Å². The molecule has 0 aromatic heterocycles. The van der Waals surface area contributed by atoms with E-state index < -0.39 is 0 Å². The number of rotatable bonds is 4. The van der Waals surface area contributed by atoms with Crippen LogP contribution in [0.2, 0.25) is 0 Å². The summed E-state index contributed by atoms with van der Waals surface area (Å²) < 4.78 is 5.13. The zero-order valence-corrected chi connectivity index (χ0v) is 7.35. The Morgan fingerprint density at radius 2 is 2.10 bits per heavy atom. The standard InChI is InChI=1S/C8H17NO/c1-5-6-9-7-8(2,3)10-4/h7H,5-6H2,1-4H3. The smallest absolute Gasteiger partial charge is 0.0967 e. The minimum Gasteiger partial charge on any atom is -0.373 e. The van der Waals surface area contributed by atoms with E-state index in [0.717, 1.165) is 13.0 Å². The Balaban J connectivity index is 3.63. The first-order chi connectivity index (χ1) is 4.62. The third kappa shape index (κ3) is 4.50. The van der Waals surface area contributed by atoms with E-state index >= 15 is 0 Å². The van der Waals surface area contributed by atoms with Crippen LogP contribution in [0.3, 0.4) is 0 Å². The molecular formula is C8H17NO. The van der Waals surface area contributed by atoms with Crippen molar-refractivity contribution < 1.29 is 4.74 Å². The summed E-state index contributed by atoms with van der Waals surface area (Å²) in [6.45, 7) is 6.99. The molecule has 2 nitrogen and oxygen atoms in total. The van der Waals surface area contributed by atoms with E-state index in [-0.39, 0.29) is 5.60 Å². The average molecular weight is 143 g/mol. The zero-order chi connectivity index (χ0) is 8.04. The summed E-state index contributed by atoms with van der Waals surface area (Å²) in [6.07, 6.45) is 2.95. The molecule has 0 saturated heterocycles. The highest BCUT2D eigenvalue weighted by atomic mass is 16.5. The summed E-state index contributed by atoms with van der Waals surface area (Å²) in [5.41, 5.74) is -0.199. The maximum atomic E-state index is 5.13. The van der Waals surface area contributed by atoms with Crippen molar-refractivity contribution in [3.8, 4) is 0 Å². The molecule has 0 heterocycles. The van der Waals surface area contributed by atoms with Gasteiger partial charge in [0, 0.05) is 19.9 Å². The molecule has 0 spiro atoms. The molecule has 10 heavy (non-hydrogen) atoms. The van der Waals surface area contributed by atoms with Crippen LogP contribution in [0.25, 0.3) is 0 Å². The van der Waals surface area contributed by atoms with Gasteiger partial charge in [-0.15, -0.1) is 0 Å². The quantitative estimate of drug-likeness (QED) is 0.551. The molecule has 0 aliphatic carbocycles. The van der Waals surface area contributed by atoms with Gasteiger partial charge < -0.3 is 4.74 Å². The molecular weight excluding hydrogens is 126 g/mol. The molecule has 0 N–H and O–H groups in total. The third-order valence-corrected chi connectivity index (χ3v) is 1.28. The first-order valence-corrected chi connectivity index (χ1v) is 3.68. The van der Waals surface area contributed by atoms with Crippen molar-refractivity contribution >= 4 is 6.21 Å². The molecule has 0 bridgehead atoms. The van der Waals surface area contributed by atoms with Gasteiger partial charge in [-0.2, -0.15) is 0 Å². The van der Waals surface area contributed by atoms with E-state index in [1.165, 1.54) is 0 Å². The minimum atomic E-state index is -0.199. The van der Waals surface area contributed by atoms with E-state index in [1.807, 2.05) is 20.1 Å². The average Bonchev–Trinajstić information content (AvgIpc) is 1.89. The Labute approximate surface area is 63.3 Å². The lowest BCUT2D eigenvalue weighted by Gasteiger charge is -2.16. The van der Waals surface area contributed by atoms with Crippen molar-refractivity contribution in [1.29, 1.82) is 0 Å². The van der Waals surface area contributed by atoms with Gasteiger partial charge in [-0.3, -0.25) is 4.99 Å². The highest BCUT2D eigenvalue weighted by Crippen LogP contribution is 2.02. The monoisotopic (exact) mass is 143 g/mol. The van der Waals surface area contributed by atoms with E-state index in [2.05, 4.69) is 11.9 Å². The number of ether oxygens (including phenoxy) is 1. The Bertz CT molecular complexity index is 108. The zero-order valence-electron chi connectivity index (χ0n) is 7.35. The first-order valence-electron chi connectivity index (χ1n) is 3.68. The summed E-state index contributed by atoms with van der Waals surface area (Å²) in [5.74, 6) is 0. The normalized spacial score (nSPS) is 12.8. The highest BCUT2D eigenvalue weighted by Gasteiger charge is 2.10. The van der Waals surface area contributed by atoms with Crippen molar-refractivity contribution in [3.63, 3.8) is 0 Å². The number of nitrogens with zero attached hydrogens (tertiary/aromatic N) is 1. The summed E-state index contributed by atoms with van der Waals surface area (Å²) in [5, 5.41) is 0. The van der Waals surface area contributed by atoms with Gasteiger partial charge in [0.1, 0.15) is 0 Å².